The molecule has 0 amide bonds. The van der Waals surface area contributed by atoms with Gasteiger partial charge >= 0.3 is 0 Å². The van der Waals surface area contributed by atoms with Crippen molar-refractivity contribution in [2.45, 2.75) is 12.8 Å². The molecule has 0 unspecified atom stereocenters. The van der Waals surface area contributed by atoms with Crippen molar-refractivity contribution in [3.05, 3.63) is 23.9 Å². The van der Waals surface area contributed by atoms with Crippen LogP contribution in [0.5, 0.6) is 11.5 Å². The normalized spacial score (nSPS) is 10.2. The van der Waals surface area contributed by atoms with Gasteiger partial charge in [-0.3, -0.25) is 0 Å². The van der Waals surface area contributed by atoms with Crippen molar-refractivity contribution in [1.29, 1.82) is 5.26 Å². The lowest BCUT2D eigenvalue weighted by Gasteiger charge is -2.07. The van der Waals surface area contributed by atoms with Crippen molar-refractivity contribution >= 4 is 10.9 Å². The Hall–Kier alpha value is -2.15. The Morgan fingerprint density at radius 3 is 2.59 bits per heavy atom. The lowest BCUT2D eigenvalue weighted by Crippen LogP contribution is -1.90. The van der Waals surface area contributed by atoms with Crippen LogP contribution in [0.1, 0.15) is 12.0 Å². The van der Waals surface area contributed by atoms with Gasteiger partial charge in [0, 0.05) is 29.6 Å². The summed E-state index contributed by atoms with van der Waals surface area (Å²) in [7, 11) is 3.23. The summed E-state index contributed by atoms with van der Waals surface area (Å²) >= 11 is 0. The minimum absolute atomic E-state index is 0.515. The largest absolute Gasteiger partial charge is 0.493 e. The van der Waals surface area contributed by atoms with Gasteiger partial charge in [-0.2, -0.15) is 5.26 Å². The van der Waals surface area contributed by atoms with Gasteiger partial charge in [-0.1, -0.05) is 0 Å². The van der Waals surface area contributed by atoms with E-state index in [4.69, 9.17) is 14.7 Å². The molecular weight excluding hydrogens is 216 g/mol. The second-order valence-corrected chi connectivity index (χ2v) is 3.72. The Labute approximate surface area is 99.8 Å². The molecule has 1 heterocycles. The van der Waals surface area contributed by atoms with Gasteiger partial charge in [-0.15, -0.1) is 0 Å². The third-order valence-corrected chi connectivity index (χ3v) is 2.78. The van der Waals surface area contributed by atoms with Crippen LogP contribution >= 0.6 is 0 Å². The molecule has 1 aromatic heterocycles. The van der Waals surface area contributed by atoms with Crippen molar-refractivity contribution in [2.24, 2.45) is 0 Å². The second kappa shape index (κ2) is 4.79. The Morgan fingerprint density at radius 1 is 1.24 bits per heavy atom. The highest BCUT2D eigenvalue weighted by Gasteiger charge is 2.10. The molecule has 1 N–H and O–H groups in total. The molecule has 2 aromatic rings. The first kappa shape index (κ1) is 11.3. The molecule has 0 atom stereocenters. The van der Waals surface area contributed by atoms with Gasteiger partial charge in [0.15, 0.2) is 11.5 Å². The third-order valence-electron chi connectivity index (χ3n) is 2.78. The number of aromatic amines is 1. The topological polar surface area (TPSA) is 58.0 Å². The molecular formula is C13H14N2O2. The Morgan fingerprint density at radius 2 is 1.94 bits per heavy atom. The van der Waals surface area contributed by atoms with Crippen molar-refractivity contribution in [3.8, 4) is 17.6 Å². The zero-order chi connectivity index (χ0) is 12.3. The second-order valence-electron chi connectivity index (χ2n) is 3.72. The predicted octanol–water partition coefficient (Wildman–Crippen LogP) is 2.64. The van der Waals surface area contributed by atoms with Gasteiger partial charge in [0.1, 0.15) is 0 Å². The highest BCUT2D eigenvalue weighted by Crippen LogP contribution is 2.33. The molecule has 0 radical (unpaired) electrons. The van der Waals surface area contributed by atoms with Gasteiger partial charge in [-0.05, 0) is 18.1 Å². The fraction of sp³-hybridized carbons (Fsp3) is 0.308. The number of nitrogens with zero attached hydrogens (tertiary/aromatic N) is 1. The van der Waals surface area contributed by atoms with E-state index in [1.165, 1.54) is 0 Å². The predicted molar refractivity (Wildman–Crippen MR) is 65.3 cm³/mol. The van der Waals surface area contributed by atoms with Crippen LogP contribution in [0, 0.1) is 11.3 Å². The van der Waals surface area contributed by atoms with Crippen molar-refractivity contribution in [3.63, 3.8) is 0 Å². The van der Waals surface area contributed by atoms with E-state index < -0.39 is 0 Å². The number of methoxy groups -OCH3 is 2. The fourth-order valence-corrected chi connectivity index (χ4v) is 1.90. The summed E-state index contributed by atoms with van der Waals surface area (Å²) in [6.07, 6.45) is 3.19. The average molecular weight is 230 g/mol. The number of aryl methyl sites for hydroxylation is 1. The maximum atomic E-state index is 8.62. The van der Waals surface area contributed by atoms with Crippen molar-refractivity contribution in [2.75, 3.05) is 14.2 Å². The first-order valence-corrected chi connectivity index (χ1v) is 5.39. The van der Waals surface area contributed by atoms with Gasteiger partial charge in [0.05, 0.1) is 20.3 Å². The van der Waals surface area contributed by atoms with Crippen LogP contribution in [0.15, 0.2) is 18.3 Å². The number of hydrogen-bond donors (Lipinski definition) is 1. The number of hydrogen-bond acceptors (Lipinski definition) is 3. The fourth-order valence-electron chi connectivity index (χ4n) is 1.90. The Kier molecular flexibility index (Phi) is 3.20. The van der Waals surface area contributed by atoms with Gasteiger partial charge in [0.25, 0.3) is 0 Å². The maximum Gasteiger partial charge on any atom is 0.162 e. The minimum atomic E-state index is 0.515. The van der Waals surface area contributed by atoms with Crippen LogP contribution in [-0.2, 0) is 6.42 Å². The van der Waals surface area contributed by atoms with E-state index >= 15 is 0 Å². The molecule has 4 heteroatoms. The van der Waals surface area contributed by atoms with E-state index in [1.54, 1.807) is 14.2 Å². The van der Waals surface area contributed by atoms with Crippen LogP contribution in [0.3, 0.4) is 0 Å². The zero-order valence-corrected chi connectivity index (χ0v) is 9.91. The monoisotopic (exact) mass is 230 g/mol. The van der Waals surface area contributed by atoms with E-state index in [0.717, 1.165) is 22.9 Å². The third kappa shape index (κ3) is 2.04. The van der Waals surface area contributed by atoms with Gasteiger partial charge < -0.3 is 14.5 Å². The number of benzene rings is 1. The van der Waals surface area contributed by atoms with Crippen LogP contribution in [0.2, 0.25) is 0 Å². The SMILES string of the molecule is COc1cc2[nH]cc(CCC#N)c2cc1OC. The van der Waals surface area contributed by atoms with Crippen LogP contribution in [0.4, 0.5) is 0 Å². The molecule has 2 rings (SSSR count). The summed E-state index contributed by atoms with van der Waals surface area (Å²) < 4.78 is 10.5. The number of aromatic nitrogens is 1. The number of fused-ring (bicyclic) bond motifs is 1. The van der Waals surface area contributed by atoms with Gasteiger partial charge in [0.2, 0.25) is 0 Å². The summed E-state index contributed by atoms with van der Waals surface area (Å²) in [5.74, 6) is 1.41. The number of nitriles is 1. The lowest BCUT2D eigenvalue weighted by atomic mass is 10.1. The van der Waals surface area contributed by atoms with E-state index in [-0.39, 0.29) is 0 Å². The number of nitrogens with one attached hydrogen (secondary N) is 1. The van der Waals surface area contributed by atoms with Crippen molar-refractivity contribution < 1.29 is 9.47 Å². The quantitative estimate of drug-likeness (QED) is 0.878. The summed E-state index contributed by atoms with van der Waals surface area (Å²) in [6.45, 7) is 0. The first-order chi connectivity index (χ1) is 8.30. The van der Waals surface area contributed by atoms with Crippen LogP contribution in [0.25, 0.3) is 10.9 Å². The number of ether oxygens (including phenoxy) is 2. The molecule has 0 spiro atoms. The van der Waals surface area contributed by atoms with E-state index in [2.05, 4.69) is 11.1 Å². The lowest BCUT2D eigenvalue weighted by molar-refractivity contribution is 0.356. The summed E-state index contributed by atoms with van der Waals surface area (Å²) in [4.78, 5) is 3.18. The van der Waals surface area contributed by atoms with E-state index in [0.29, 0.717) is 17.9 Å². The van der Waals surface area contributed by atoms with Gasteiger partial charge in [-0.25, -0.2) is 0 Å². The molecule has 0 saturated carbocycles. The molecule has 0 bridgehead atoms. The average Bonchev–Trinajstić information content (AvgIpc) is 2.76. The maximum absolute atomic E-state index is 8.62. The molecule has 88 valence electrons. The highest BCUT2D eigenvalue weighted by molar-refractivity contribution is 5.86. The molecule has 1 aromatic carbocycles. The zero-order valence-electron chi connectivity index (χ0n) is 9.91. The summed E-state index contributed by atoms with van der Waals surface area (Å²) in [6, 6.07) is 6.00. The van der Waals surface area contributed by atoms with E-state index in [9.17, 15) is 0 Å². The van der Waals surface area contributed by atoms with Crippen LogP contribution < -0.4 is 9.47 Å². The highest BCUT2D eigenvalue weighted by atomic mass is 16.5. The van der Waals surface area contributed by atoms with Crippen LogP contribution in [-0.4, -0.2) is 19.2 Å². The molecule has 17 heavy (non-hydrogen) atoms. The number of rotatable bonds is 4. The molecule has 0 aliphatic rings. The molecule has 0 aliphatic carbocycles. The summed E-state index contributed by atoms with van der Waals surface area (Å²) in [5, 5.41) is 9.70. The molecule has 0 fully saturated rings. The molecule has 0 aliphatic heterocycles. The Balaban J connectivity index is 2.50. The standard InChI is InChI=1S/C13H14N2O2/c1-16-12-6-10-9(4-3-5-14)8-15-11(10)7-13(12)17-2/h6-8,15H,3-4H2,1-2H3. The van der Waals surface area contributed by atoms with Crippen molar-refractivity contribution in [1.82, 2.24) is 4.98 Å². The van der Waals surface area contributed by atoms with E-state index in [1.807, 2.05) is 18.3 Å². The summed E-state index contributed by atoms with van der Waals surface area (Å²) in [5.41, 5.74) is 2.12. The minimum Gasteiger partial charge on any atom is -0.493 e. The number of H-pyrrole nitrogens is 1. The molecule has 4 nitrogen and oxygen atoms in total. The molecule has 0 saturated heterocycles. The smallest absolute Gasteiger partial charge is 0.162 e. The Bertz CT molecular complexity index is 567. The first-order valence-electron chi connectivity index (χ1n) is 5.39.